The van der Waals surface area contributed by atoms with Gasteiger partial charge in [-0.3, -0.25) is 0 Å². The summed E-state index contributed by atoms with van der Waals surface area (Å²) in [5.41, 5.74) is 5.16. The van der Waals surface area contributed by atoms with Crippen molar-refractivity contribution in [2.75, 3.05) is 0 Å². The number of benzene rings is 2. The van der Waals surface area contributed by atoms with Gasteiger partial charge < -0.3 is 4.42 Å². The third kappa shape index (κ3) is 1.62. The third-order valence-electron chi connectivity index (χ3n) is 2.99. The van der Waals surface area contributed by atoms with E-state index in [2.05, 4.69) is 18.0 Å². The van der Waals surface area contributed by atoms with Crippen LogP contribution >= 0.6 is 0 Å². The van der Waals surface area contributed by atoms with Crippen molar-refractivity contribution in [1.29, 1.82) is 0 Å². The van der Waals surface area contributed by atoms with Gasteiger partial charge in [-0.2, -0.15) is 0 Å². The summed E-state index contributed by atoms with van der Waals surface area (Å²) in [5.74, 6) is 0.701. The molecule has 2 aromatic carbocycles. The molecule has 17 heavy (non-hydrogen) atoms. The summed E-state index contributed by atoms with van der Waals surface area (Å²) in [7, 11) is 0. The number of nitrogens with zero attached hydrogens (tertiary/aromatic N) is 1. The van der Waals surface area contributed by atoms with Crippen molar-refractivity contribution in [1.82, 2.24) is 4.98 Å². The number of hydrogen-bond acceptors (Lipinski definition) is 2. The molecule has 3 aromatic rings. The van der Waals surface area contributed by atoms with E-state index in [1.165, 1.54) is 5.56 Å². The number of oxazole rings is 1. The molecule has 0 radical (unpaired) electrons. The average Bonchev–Trinajstić information content (AvgIpc) is 2.75. The van der Waals surface area contributed by atoms with Crippen LogP contribution in [-0.2, 0) is 0 Å². The van der Waals surface area contributed by atoms with Crippen molar-refractivity contribution >= 4 is 11.1 Å². The zero-order valence-electron chi connectivity index (χ0n) is 9.90. The summed E-state index contributed by atoms with van der Waals surface area (Å²) in [6.07, 6.45) is 0. The molecule has 0 amide bonds. The maximum Gasteiger partial charge on any atom is 0.227 e. The fourth-order valence-electron chi connectivity index (χ4n) is 2.01. The molecule has 2 heteroatoms. The highest BCUT2D eigenvalue weighted by Crippen LogP contribution is 2.27. The second-order valence-corrected chi connectivity index (χ2v) is 4.26. The number of aryl methyl sites for hydroxylation is 2. The van der Waals surface area contributed by atoms with Gasteiger partial charge in [0.15, 0.2) is 5.58 Å². The van der Waals surface area contributed by atoms with Crippen LogP contribution in [0.5, 0.6) is 0 Å². The second-order valence-electron chi connectivity index (χ2n) is 4.26. The second kappa shape index (κ2) is 3.74. The van der Waals surface area contributed by atoms with E-state index in [1.807, 2.05) is 43.3 Å². The Balaban J connectivity index is 2.26. The zero-order valence-corrected chi connectivity index (χ0v) is 9.90. The highest BCUT2D eigenvalue weighted by molar-refractivity contribution is 5.79. The van der Waals surface area contributed by atoms with Crippen LogP contribution in [0.4, 0.5) is 0 Å². The Morgan fingerprint density at radius 3 is 2.41 bits per heavy atom. The number of para-hydroxylation sites is 1. The predicted octanol–water partition coefficient (Wildman–Crippen LogP) is 4.11. The smallest absolute Gasteiger partial charge is 0.227 e. The average molecular weight is 223 g/mol. The Bertz CT molecular complexity index is 682. The first kappa shape index (κ1) is 10.1. The van der Waals surface area contributed by atoms with Crippen LogP contribution in [-0.4, -0.2) is 4.98 Å². The molecule has 0 aliphatic rings. The molecule has 0 saturated heterocycles. The van der Waals surface area contributed by atoms with E-state index in [0.717, 1.165) is 22.2 Å². The molecule has 0 bridgehead atoms. The van der Waals surface area contributed by atoms with Crippen LogP contribution in [0.1, 0.15) is 11.1 Å². The highest BCUT2D eigenvalue weighted by atomic mass is 16.3. The summed E-state index contributed by atoms with van der Waals surface area (Å²) in [5, 5.41) is 0. The van der Waals surface area contributed by atoms with Gasteiger partial charge in [-0.15, -0.1) is 0 Å². The van der Waals surface area contributed by atoms with Gasteiger partial charge in [0.2, 0.25) is 5.89 Å². The monoisotopic (exact) mass is 223 g/mol. The fourth-order valence-corrected chi connectivity index (χ4v) is 2.01. The van der Waals surface area contributed by atoms with Gasteiger partial charge >= 0.3 is 0 Å². The lowest BCUT2D eigenvalue weighted by atomic mass is 10.1. The summed E-state index contributed by atoms with van der Waals surface area (Å²) in [4.78, 5) is 4.54. The minimum atomic E-state index is 0.701. The standard InChI is InChI=1S/C15H13NO/c1-10-6-3-4-8-12(10)15-16-13-9-5-7-11(2)14(13)17-15/h3-9H,1-2H3. The van der Waals surface area contributed by atoms with Crippen LogP contribution in [0.15, 0.2) is 46.9 Å². The fraction of sp³-hybridized carbons (Fsp3) is 0.133. The molecule has 0 aliphatic carbocycles. The number of hydrogen-bond donors (Lipinski definition) is 0. The van der Waals surface area contributed by atoms with E-state index in [1.54, 1.807) is 0 Å². The van der Waals surface area contributed by atoms with Crippen molar-refractivity contribution in [3.05, 3.63) is 53.6 Å². The van der Waals surface area contributed by atoms with Gasteiger partial charge in [-0.25, -0.2) is 4.98 Å². The van der Waals surface area contributed by atoms with Crippen LogP contribution < -0.4 is 0 Å². The Morgan fingerprint density at radius 1 is 0.882 bits per heavy atom. The van der Waals surface area contributed by atoms with Gasteiger partial charge in [0.05, 0.1) is 0 Å². The molecule has 0 spiro atoms. The molecule has 0 fully saturated rings. The zero-order chi connectivity index (χ0) is 11.8. The Kier molecular flexibility index (Phi) is 2.22. The molecule has 0 unspecified atom stereocenters. The molecular formula is C15H13NO. The lowest BCUT2D eigenvalue weighted by Gasteiger charge is -1.98. The van der Waals surface area contributed by atoms with Gasteiger partial charge in [0, 0.05) is 5.56 Å². The van der Waals surface area contributed by atoms with Crippen LogP contribution in [0.3, 0.4) is 0 Å². The van der Waals surface area contributed by atoms with Gasteiger partial charge in [-0.1, -0.05) is 30.3 Å². The molecule has 0 saturated carbocycles. The van der Waals surface area contributed by atoms with E-state index in [9.17, 15) is 0 Å². The number of fused-ring (bicyclic) bond motifs is 1. The van der Waals surface area contributed by atoms with Crippen molar-refractivity contribution in [2.24, 2.45) is 0 Å². The lowest BCUT2D eigenvalue weighted by Crippen LogP contribution is -1.81. The molecule has 2 nitrogen and oxygen atoms in total. The first-order valence-electron chi connectivity index (χ1n) is 5.68. The maximum absolute atomic E-state index is 5.85. The topological polar surface area (TPSA) is 26.0 Å². The summed E-state index contributed by atoms with van der Waals surface area (Å²) >= 11 is 0. The molecular weight excluding hydrogens is 210 g/mol. The van der Waals surface area contributed by atoms with Crippen LogP contribution in [0, 0.1) is 13.8 Å². The normalized spacial score (nSPS) is 10.9. The lowest BCUT2D eigenvalue weighted by molar-refractivity contribution is 0.617. The van der Waals surface area contributed by atoms with E-state index in [4.69, 9.17) is 4.42 Å². The molecule has 0 aliphatic heterocycles. The van der Waals surface area contributed by atoms with E-state index in [-0.39, 0.29) is 0 Å². The summed E-state index contributed by atoms with van der Waals surface area (Å²) < 4.78 is 5.85. The number of aromatic nitrogens is 1. The minimum absolute atomic E-state index is 0.701. The van der Waals surface area contributed by atoms with E-state index in [0.29, 0.717) is 5.89 Å². The molecule has 0 N–H and O–H groups in total. The van der Waals surface area contributed by atoms with Crippen molar-refractivity contribution in [3.63, 3.8) is 0 Å². The van der Waals surface area contributed by atoms with Crippen molar-refractivity contribution in [3.8, 4) is 11.5 Å². The predicted molar refractivity (Wildman–Crippen MR) is 68.9 cm³/mol. The Hall–Kier alpha value is -2.09. The Morgan fingerprint density at radius 2 is 1.65 bits per heavy atom. The van der Waals surface area contributed by atoms with Gasteiger partial charge in [0.25, 0.3) is 0 Å². The largest absolute Gasteiger partial charge is 0.436 e. The quantitative estimate of drug-likeness (QED) is 0.620. The molecule has 84 valence electrons. The molecule has 0 atom stereocenters. The van der Waals surface area contributed by atoms with Gasteiger partial charge in [-0.05, 0) is 37.1 Å². The molecule has 1 heterocycles. The van der Waals surface area contributed by atoms with Crippen LogP contribution in [0.2, 0.25) is 0 Å². The van der Waals surface area contributed by atoms with Crippen LogP contribution in [0.25, 0.3) is 22.6 Å². The van der Waals surface area contributed by atoms with Crippen molar-refractivity contribution in [2.45, 2.75) is 13.8 Å². The first-order chi connectivity index (χ1) is 8.25. The first-order valence-corrected chi connectivity index (χ1v) is 5.68. The number of rotatable bonds is 1. The third-order valence-corrected chi connectivity index (χ3v) is 2.99. The van der Waals surface area contributed by atoms with E-state index < -0.39 is 0 Å². The molecule has 1 aromatic heterocycles. The van der Waals surface area contributed by atoms with E-state index >= 15 is 0 Å². The summed E-state index contributed by atoms with van der Waals surface area (Å²) in [6.45, 7) is 4.10. The van der Waals surface area contributed by atoms with Gasteiger partial charge in [0.1, 0.15) is 5.52 Å². The maximum atomic E-state index is 5.85. The molecule has 3 rings (SSSR count). The Labute approximate surface area is 99.9 Å². The SMILES string of the molecule is Cc1ccccc1-c1nc2cccc(C)c2o1. The summed E-state index contributed by atoms with van der Waals surface area (Å²) in [6, 6.07) is 14.1. The van der Waals surface area contributed by atoms with Crippen molar-refractivity contribution < 1.29 is 4.42 Å². The minimum Gasteiger partial charge on any atom is -0.436 e. The highest BCUT2D eigenvalue weighted by Gasteiger charge is 2.10.